The van der Waals surface area contributed by atoms with Crippen molar-refractivity contribution in [1.82, 2.24) is 9.97 Å². The van der Waals surface area contributed by atoms with Gasteiger partial charge in [-0.15, -0.1) is 0 Å². The van der Waals surface area contributed by atoms with Crippen molar-refractivity contribution in [3.05, 3.63) is 65.2 Å². The van der Waals surface area contributed by atoms with Crippen molar-refractivity contribution in [1.29, 1.82) is 0 Å². The first-order valence-electron chi connectivity index (χ1n) is 11.4. The predicted molar refractivity (Wildman–Crippen MR) is 140 cm³/mol. The molecule has 0 fully saturated rings. The maximum Gasteiger partial charge on any atom is 0.163 e. The molecular formula is C27H28ClN3O5. The van der Waals surface area contributed by atoms with Crippen LogP contribution in [0.2, 0.25) is 5.02 Å². The number of methoxy groups -OCH3 is 2. The van der Waals surface area contributed by atoms with E-state index in [0.29, 0.717) is 77.0 Å². The van der Waals surface area contributed by atoms with E-state index in [1.54, 1.807) is 26.4 Å². The summed E-state index contributed by atoms with van der Waals surface area (Å²) in [4.78, 5) is 9.25. The van der Waals surface area contributed by atoms with Gasteiger partial charge in [0.1, 0.15) is 30.5 Å². The molecule has 0 saturated carbocycles. The number of rotatable bonds is 11. The highest BCUT2D eigenvalue weighted by Crippen LogP contribution is 2.35. The Bertz CT molecular complexity index is 1330. The number of halogens is 1. The molecular weight excluding hydrogens is 482 g/mol. The molecule has 0 aliphatic carbocycles. The third-order valence-corrected chi connectivity index (χ3v) is 5.78. The number of benzene rings is 3. The molecule has 9 heteroatoms. The van der Waals surface area contributed by atoms with E-state index in [-0.39, 0.29) is 0 Å². The van der Waals surface area contributed by atoms with Gasteiger partial charge >= 0.3 is 0 Å². The first-order valence-corrected chi connectivity index (χ1v) is 11.8. The third kappa shape index (κ3) is 6.15. The monoisotopic (exact) mass is 509 g/mol. The van der Waals surface area contributed by atoms with Gasteiger partial charge in [-0.05, 0) is 61.0 Å². The SMILES string of the molecule is COCCOc1cc2nc(-c3ccc(Oc4ccc(Cl)c(C)c4)cc3)nc(N)c2cc1OCCOC. The van der Waals surface area contributed by atoms with E-state index >= 15 is 0 Å². The molecule has 3 aromatic carbocycles. The van der Waals surface area contributed by atoms with E-state index in [4.69, 9.17) is 46.0 Å². The maximum atomic E-state index is 6.32. The van der Waals surface area contributed by atoms with Gasteiger partial charge in [0.05, 0.1) is 18.7 Å². The van der Waals surface area contributed by atoms with E-state index in [2.05, 4.69) is 4.98 Å². The Morgan fingerprint density at radius 1 is 0.778 bits per heavy atom. The largest absolute Gasteiger partial charge is 0.487 e. The highest BCUT2D eigenvalue weighted by molar-refractivity contribution is 6.31. The zero-order valence-electron chi connectivity index (χ0n) is 20.4. The lowest BCUT2D eigenvalue weighted by atomic mass is 10.1. The number of hydrogen-bond acceptors (Lipinski definition) is 8. The van der Waals surface area contributed by atoms with Crippen molar-refractivity contribution < 1.29 is 23.7 Å². The van der Waals surface area contributed by atoms with Crippen LogP contribution in [0.15, 0.2) is 54.6 Å². The van der Waals surface area contributed by atoms with E-state index in [0.717, 1.165) is 11.1 Å². The fraction of sp³-hybridized carbons (Fsp3) is 0.259. The van der Waals surface area contributed by atoms with Crippen molar-refractivity contribution >= 4 is 28.3 Å². The molecule has 0 aliphatic rings. The molecule has 0 spiro atoms. The van der Waals surface area contributed by atoms with Crippen molar-refractivity contribution in [2.45, 2.75) is 6.92 Å². The molecule has 1 aromatic heterocycles. The molecule has 0 atom stereocenters. The summed E-state index contributed by atoms with van der Waals surface area (Å²) >= 11 is 6.10. The molecule has 4 rings (SSSR count). The Morgan fingerprint density at radius 2 is 1.42 bits per heavy atom. The summed E-state index contributed by atoms with van der Waals surface area (Å²) < 4.78 is 27.8. The number of nitrogens with two attached hydrogens (primary N) is 1. The molecule has 4 aromatic rings. The van der Waals surface area contributed by atoms with Crippen LogP contribution in [0.25, 0.3) is 22.3 Å². The minimum atomic E-state index is 0.340. The Labute approximate surface area is 214 Å². The second-order valence-electron chi connectivity index (χ2n) is 7.97. The summed E-state index contributed by atoms with van der Waals surface area (Å²) in [7, 11) is 3.23. The summed E-state index contributed by atoms with van der Waals surface area (Å²) in [5.41, 5.74) is 8.70. The lowest BCUT2D eigenvalue weighted by Gasteiger charge is -2.15. The molecule has 0 aliphatic heterocycles. The second-order valence-corrected chi connectivity index (χ2v) is 8.38. The number of ether oxygens (including phenoxy) is 5. The fourth-order valence-corrected chi connectivity index (χ4v) is 3.59. The van der Waals surface area contributed by atoms with Crippen molar-refractivity contribution in [3.63, 3.8) is 0 Å². The Kier molecular flexibility index (Phi) is 8.43. The van der Waals surface area contributed by atoms with E-state index in [1.807, 2.05) is 49.4 Å². The van der Waals surface area contributed by atoms with Crippen molar-refractivity contribution in [2.75, 3.05) is 46.4 Å². The van der Waals surface area contributed by atoms with Crippen LogP contribution in [0.5, 0.6) is 23.0 Å². The normalized spacial score (nSPS) is 11.0. The van der Waals surface area contributed by atoms with Gasteiger partial charge in [-0.3, -0.25) is 0 Å². The first-order chi connectivity index (χ1) is 17.5. The van der Waals surface area contributed by atoms with Crippen molar-refractivity contribution in [2.24, 2.45) is 0 Å². The Morgan fingerprint density at radius 3 is 2.06 bits per heavy atom. The minimum Gasteiger partial charge on any atom is -0.487 e. The summed E-state index contributed by atoms with van der Waals surface area (Å²) in [5, 5.41) is 1.37. The van der Waals surface area contributed by atoms with Gasteiger partial charge < -0.3 is 29.4 Å². The number of aromatic nitrogens is 2. The molecule has 0 radical (unpaired) electrons. The molecule has 188 valence electrons. The van der Waals surface area contributed by atoms with Crippen LogP contribution in [0.1, 0.15) is 5.56 Å². The summed E-state index contributed by atoms with van der Waals surface area (Å²) in [6.45, 7) is 3.55. The van der Waals surface area contributed by atoms with E-state index in [9.17, 15) is 0 Å². The van der Waals surface area contributed by atoms with Gasteiger partial charge in [-0.2, -0.15) is 0 Å². The number of aryl methyl sites for hydroxylation is 1. The second kappa shape index (κ2) is 11.9. The van der Waals surface area contributed by atoms with Crippen LogP contribution >= 0.6 is 11.6 Å². The highest BCUT2D eigenvalue weighted by Gasteiger charge is 2.14. The average Bonchev–Trinajstić information content (AvgIpc) is 2.87. The standard InChI is InChI=1S/C27H28ClN3O5/c1-17-14-20(8-9-22(17)28)36-19-6-4-18(5-7-19)27-30-23-16-25(35-13-11-33-3)24(34-12-10-32-2)15-21(23)26(29)31-27/h4-9,14-16H,10-13H2,1-3H3,(H2,29,30,31). The van der Waals surface area contributed by atoms with Gasteiger partial charge in [0, 0.05) is 36.3 Å². The zero-order chi connectivity index (χ0) is 25.5. The molecule has 0 unspecified atom stereocenters. The number of nitrogen functional groups attached to an aromatic ring is 1. The highest BCUT2D eigenvalue weighted by atomic mass is 35.5. The number of hydrogen-bond donors (Lipinski definition) is 1. The summed E-state index contributed by atoms with van der Waals surface area (Å²) in [6, 6.07) is 16.6. The van der Waals surface area contributed by atoms with E-state index in [1.165, 1.54) is 0 Å². The van der Waals surface area contributed by atoms with Gasteiger partial charge in [-0.1, -0.05) is 11.6 Å². The summed E-state index contributed by atoms with van der Waals surface area (Å²) in [5.74, 6) is 3.30. The lowest BCUT2D eigenvalue weighted by molar-refractivity contribution is 0.132. The van der Waals surface area contributed by atoms with Crippen molar-refractivity contribution in [3.8, 4) is 34.4 Å². The lowest BCUT2D eigenvalue weighted by Crippen LogP contribution is -2.09. The summed E-state index contributed by atoms with van der Waals surface area (Å²) in [6.07, 6.45) is 0. The predicted octanol–water partition coefficient (Wildman–Crippen LogP) is 5.68. The van der Waals surface area contributed by atoms with Crippen LogP contribution in [0.3, 0.4) is 0 Å². The van der Waals surface area contributed by atoms with Crippen LogP contribution in [-0.4, -0.2) is 50.6 Å². The van der Waals surface area contributed by atoms with Crippen LogP contribution < -0.4 is 19.9 Å². The minimum absolute atomic E-state index is 0.340. The first kappa shape index (κ1) is 25.5. The van der Waals surface area contributed by atoms with Gasteiger partial charge in [0.25, 0.3) is 0 Å². The third-order valence-electron chi connectivity index (χ3n) is 5.36. The van der Waals surface area contributed by atoms with Crippen LogP contribution in [0.4, 0.5) is 5.82 Å². The number of anilines is 1. The number of nitrogens with zero attached hydrogens (tertiary/aromatic N) is 2. The van der Waals surface area contributed by atoms with E-state index < -0.39 is 0 Å². The smallest absolute Gasteiger partial charge is 0.163 e. The molecule has 0 amide bonds. The topological polar surface area (TPSA) is 98.0 Å². The Hall–Kier alpha value is -3.59. The zero-order valence-corrected chi connectivity index (χ0v) is 21.2. The molecule has 1 heterocycles. The quantitative estimate of drug-likeness (QED) is 0.258. The molecule has 0 saturated heterocycles. The van der Waals surface area contributed by atoms with Gasteiger partial charge in [0.15, 0.2) is 17.3 Å². The average molecular weight is 510 g/mol. The van der Waals surface area contributed by atoms with Gasteiger partial charge in [-0.25, -0.2) is 9.97 Å². The molecule has 36 heavy (non-hydrogen) atoms. The number of fused-ring (bicyclic) bond motifs is 1. The Balaban J connectivity index is 1.61. The van der Waals surface area contributed by atoms with Crippen LogP contribution in [-0.2, 0) is 9.47 Å². The maximum absolute atomic E-state index is 6.32. The fourth-order valence-electron chi connectivity index (χ4n) is 3.47. The molecule has 8 nitrogen and oxygen atoms in total. The van der Waals surface area contributed by atoms with Crippen LogP contribution in [0, 0.1) is 6.92 Å². The van der Waals surface area contributed by atoms with Gasteiger partial charge in [0.2, 0.25) is 0 Å². The molecule has 2 N–H and O–H groups in total. The molecule has 0 bridgehead atoms.